The Morgan fingerprint density at radius 2 is 2.09 bits per heavy atom. The first-order chi connectivity index (χ1) is 4.95. The minimum Gasteiger partial charge on any atom is -0.457 e. The molecule has 0 radical (unpaired) electrons. The molecular formula is C8H13BrO2. The molecule has 0 saturated heterocycles. The summed E-state index contributed by atoms with van der Waals surface area (Å²) in [5.41, 5.74) is -0.395. The van der Waals surface area contributed by atoms with Gasteiger partial charge in [0.25, 0.3) is 0 Å². The van der Waals surface area contributed by atoms with Crippen LogP contribution in [0.15, 0.2) is 12.2 Å². The standard InChI is InChI=1S/C8H13BrO2/c1-8(2,3)11-7(10)5-4-6-9/h4-5H,6H2,1-3H3. The van der Waals surface area contributed by atoms with Gasteiger partial charge in [-0.1, -0.05) is 22.0 Å². The fraction of sp³-hybridized carbons (Fsp3) is 0.625. The van der Waals surface area contributed by atoms with Gasteiger partial charge in [-0.25, -0.2) is 4.79 Å². The van der Waals surface area contributed by atoms with E-state index in [2.05, 4.69) is 15.9 Å². The SMILES string of the molecule is CC(C)(C)OC(=O)C=CCBr. The van der Waals surface area contributed by atoms with Gasteiger partial charge in [-0.05, 0) is 20.8 Å². The minimum atomic E-state index is -0.395. The molecule has 0 atom stereocenters. The molecule has 11 heavy (non-hydrogen) atoms. The van der Waals surface area contributed by atoms with Crippen molar-refractivity contribution in [3.05, 3.63) is 12.2 Å². The van der Waals surface area contributed by atoms with E-state index < -0.39 is 5.60 Å². The smallest absolute Gasteiger partial charge is 0.330 e. The number of rotatable bonds is 2. The lowest BCUT2D eigenvalue weighted by atomic mass is 10.2. The topological polar surface area (TPSA) is 26.3 Å². The third-order valence-corrected chi connectivity index (χ3v) is 1.12. The molecule has 3 heteroatoms. The van der Waals surface area contributed by atoms with Gasteiger partial charge in [0.05, 0.1) is 0 Å². The molecule has 0 aromatic carbocycles. The zero-order valence-electron chi connectivity index (χ0n) is 7.06. The van der Waals surface area contributed by atoms with Crippen molar-refractivity contribution in [2.75, 3.05) is 5.33 Å². The van der Waals surface area contributed by atoms with Gasteiger partial charge in [0, 0.05) is 11.4 Å². The lowest BCUT2D eigenvalue weighted by Crippen LogP contribution is -2.22. The largest absolute Gasteiger partial charge is 0.457 e. The van der Waals surface area contributed by atoms with Crippen LogP contribution in [0.4, 0.5) is 0 Å². The zero-order chi connectivity index (χ0) is 8.91. The van der Waals surface area contributed by atoms with E-state index >= 15 is 0 Å². The van der Waals surface area contributed by atoms with Crippen molar-refractivity contribution in [2.24, 2.45) is 0 Å². The molecule has 0 fully saturated rings. The molecule has 0 aromatic rings. The molecular weight excluding hydrogens is 208 g/mol. The Bertz CT molecular complexity index is 156. The predicted octanol–water partition coefficient (Wildman–Crippen LogP) is 2.28. The van der Waals surface area contributed by atoms with E-state index in [0.29, 0.717) is 5.33 Å². The third-order valence-electron chi connectivity index (χ3n) is 0.750. The van der Waals surface area contributed by atoms with Gasteiger partial charge in [-0.15, -0.1) is 0 Å². The lowest BCUT2D eigenvalue weighted by molar-refractivity contribution is -0.148. The average Bonchev–Trinajstić information content (AvgIpc) is 1.79. The molecule has 0 amide bonds. The fourth-order valence-electron chi connectivity index (χ4n) is 0.477. The molecule has 0 N–H and O–H groups in total. The Labute approximate surface area is 75.7 Å². The highest BCUT2D eigenvalue weighted by Crippen LogP contribution is 2.06. The van der Waals surface area contributed by atoms with E-state index in [1.807, 2.05) is 20.8 Å². The maximum atomic E-state index is 10.9. The summed E-state index contributed by atoms with van der Waals surface area (Å²) in [6.07, 6.45) is 3.12. The summed E-state index contributed by atoms with van der Waals surface area (Å²) in [5, 5.41) is 0.673. The van der Waals surface area contributed by atoms with Crippen LogP contribution in [0, 0.1) is 0 Å². The van der Waals surface area contributed by atoms with Gasteiger partial charge in [0.15, 0.2) is 0 Å². The molecule has 0 bridgehead atoms. The number of hydrogen-bond donors (Lipinski definition) is 0. The Morgan fingerprint density at radius 1 is 1.55 bits per heavy atom. The van der Waals surface area contributed by atoms with E-state index in [1.54, 1.807) is 6.08 Å². The number of alkyl halides is 1. The van der Waals surface area contributed by atoms with Crippen LogP contribution in [0.1, 0.15) is 20.8 Å². The maximum absolute atomic E-state index is 10.9. The second-order valence-electron chi connectivity index (χ2n) is 3.09. The third kappa shape index (κ3) is 7.59. The molecule has 0 aromatic heterocycles. The Balaban J connectivity index is 3.80. The molecule has 0 aliphatic heterocycles. The van der Waals surface area contributed by atoms with E-state index in [4.69, 9.17) is 4.74 Å². The van der Waals surface area contributed by atoms with Crippen molar-refractivity contribution in [1.29, 1.82) is 0 Å². The number of carbonyl (C=O) groups is 1. The van der Waals surface area contributed by atoms with Gasteiger partial charge >= 0.3 is 5.97 Å². The first-order valence-electron chi connectivity index (χ1n) is 3.41. The summed E-state index contributed by atoms with van der Waals surface area (Å²) in [5.74, 6) is -0.294. The molecule has 0 spiro atoms. The van der Waals surface area contributed by atoms with Gasteiger partial charge in [0.2, 0.25) is 0 Å². The van der Waals surface area contributed by atoms with Gasteiger partial charge < -0.3 is 4.74 Å². The summed E-state index contributed by atoms with van der Waals surface area (Å²) in [6.45, 7) is 5.52. The van der Waals surface area contributed by atoms with Crippen LogP contribution in [0.2, 0.25) is 0 Å². The molecule has 64 valence electrons. The summed E-state index contributed by atoms with van der Waals surface area (Å²) in [4.78, 5) is 10.9. The molecule has 0 aliphatic rings. The van der Waals surface area contributed by atoms with Crippen molar-refractivity contribution in [2.45, 2.75) is 26.4 Å². The molecule has 0 aliphatic carbocycles. The second-order valence-corrected chi connectivity index (χ2v) is 3.74. The van der Waals surface area contributed by atoms with Crippen LogP contribution < -0.4 is 0 Å². The number of esters is 1. The van der Waals surface area contributed by atoms with Crippen LogP contribution in [-0.4, -0.2) is 16.9 Å². The van der Waals surface area contributed by atoms with Gasteiger partial charge in [-0.2, -0.15) is 0 Å². The lowest BCUT2D eigenvalue weighted by Gasteiger charge is -2.17. The highest BCUT2D eigenvalue weighted by atomic mass is 79.9. The first-order valence-corrected chi connectivity index (χ1v) is 4.53. The highest BCUT2D eigenvalue weighted by molar-refractivity contribution is 9.09. The van der Waals surface area contributed by atoms with Crippen molar-refractivity contribution < 1.29 is 9.53 Å². The molecule has 2 nitrogen and oxygen atoms in total. The normalized spacial score (nSPS) is 12.0. The minimum absolute atomic E-state index is 0.294. The van der Waals surface area contributed by atoms with E-state index in [9.17, 15) is 4.79 Å². The van der Waals surface area contributed by atoms with Crippen LogP contribution in [-0.2, 0) is 9.53 Å². The van der Waals surface area contributed by atoms with Crippen LogP contribution in [0.25, 0.3) is 0 Å². The Morgan fingerprint density at radius 3 is 2.45 bits per heavy atom. The van der Waals surface area contributed by atoms with Crippen molar-refractivity contribution in [3.8, 4) is 0 Å². The second kappa shape index (κ2) is 4.54. The van der Waals surface area contributed by atoms with Crippen LogP contribution >= 0.6 is 15.9 Å². The van der Waals surface area contributed by atoms with Gasteiger partial charge in [0.1, 0.15) is 5.60 Å². The van der Waals surface area contributed by atoms with Crippen molar-refractivity contribution in [1.82, 2.24) is 0 Å². The molecule has 0 heterocycles. The van der Waals surface area contributed by atoms with Crippen molar-refractivity contribution >= 4 is 21.9 Å². The van der Waals surface area contributed by atoms with E-state index in [1.165, 1.54) is 6.08 Å². The van der Waals surface area contributed by atoms with Gasteiger partial charge in [-0.3, -0.25) is 0 Å². The number of allylic oxidation sites excluding steroid dienone is 1. The summed E-state index contributed by atoms with van der Waals surface area (Å²) < 4.78 is 4.99. The monoisotopic (exact) mass is 220 g/mol. The van der Waals surface area contributed by atoms with E-state index in [-0.39, 0.29) is 5.97 Å². The first kappa shape index (κ1) is 10.7. The molecule has 0 saturated carbocycles. The number of carbonyl (C=O) groups excluding carboxylic acids is 1. The van der Waals surface area contributed by atoms with E-state index in [0.717, 1.165) is 0 Å². The Kier molecular flexibility index (Phi) is 4.42. The summed E-state index contributed by atoms with van der Waals surface area (Å²) in [7, 11) is 0. The molecule has 0 unspecified atom stereocenters. The summed E-state index contributed by atoms with van der Waals surface area (Å²) in [6, 6.07) is 0. The summed E-state index contributed by atoms with van der Waals surface area (Å²) >= 11 is 3.16. The molecule has 0 rings (SSSR count). The Hall–Kier alpha value is -0.310. The maximum Gasteiger partial charge on any atom is 0.330 e. The number of halogens is 1. The number of hydrogen-bond acceptors (Lipinski definition) is 2. The average molecular weight is 221 g/mol. The van der Waals surface area contributed by atoms with Crippen molar-refractivity contribution in [3.63, 3.8) is 0 Å². The quantitative estimate of drug-likeness (QED) is 0.406. The zero-order valence-corrected chi connectivity index (χ0v) is 8.64. The highest BCUT2D eigenvalue weighted by Gasteiger charge is 2.13. The fourth-order valence-corrected chi connectivity index (χ4v) is 0.663. The van der Waals surface area contributed by atoms with Crippen LogP contribution in [0.3, 0.4) is 0 Å². The van der Waals surface area contributed by atoms with Crippen LogP contribution in [0.5, 0.6) is 0 Å². The predicted molar refractivity (Wildman–Crippen MR) is 48.8 cm³/mol. The number of ether oxygens (including phenoxy) is 1.